The Hall–Kier alpha value is -0.760. The highest BCUT2D eigenvalue weighted by Crippen LogP contribution is 2.39. The maximum absolute atomic E-state index is 14.0. The monoisotopic (exact) mass is 283 g/mol. The van der Waals surface area contributed by atoms with Crippen LogP contribution in [-0.4, -0.2) is 6.04 Å². The molecule has 0 spiro atoms. The largest absolute Gasteiger partial charge is 0.380 e. The molecule has 0 saturated heterocycles. The Kier molecular flexibility index (Phi) is 4.39. The highest BCUT2D eigenvalue weighted by atomic mass is 35.5. The lowest BCUT2D eigenvalue weighted by Gasteiger charge is -2.41. The number of hydrogen-bond donors (Lipinski definition) is 1. The van der Waals surface area contributed by atoms with Crippen LogP contribution in [0.5, 0.6) is 0 Å². The lowest BCUT2D eigenvalue weighted by atomic mass is 9.69. The molecule has 0 bridgehead atoms. The summed E-state index contributed by atoms with van der Waals surface area (Å²) in [7, 11) is 0. The van der Waals surface area contributed by atoms with Gasteiger partial charge in [0.25, 0.3) is 0 Å². The number of anilines is 1. The summed E-state index contributed by atoms with van der Waals surface area (Å²) in [6, 6.07) is 5.49. The Balaban J connectivity index is 2.18. The van der Waals surface area contributed by atoms with Gasteiger partial charge in [-0.05, 0) is 36.3 Å². The van der Waals surface area contributed by atoms with Gasteiger partial charge in [0.15, 0.2) is 5.82 Å². The number of rotatable bonds is 2. The highest BCUT2D eigenvalue weighted by molar-refractivity contribution is 6.31. The summed E-state index contributed by atoms with van der Waals surface area (Å²) in [6.45, 7) is 6.81. The Morgan fingerprint density at radius 1 is 1.21 bits per heavy atom. The molecule has 2 rings (SSSR count). The van der Waals surface area contributed by atoms with Crippen molar-refractivity contribution in [2.75, 3.05) is 5.32 Å². The smallest absolute Gasteiger partial charge is 0.164 e. The zero-order valence-electron chi connectivity index (χ0n) is 12.0. The van der Waals surface area contributed by atoms with Crippen LogP contribution in [0.3, 0.4) is 0 Å². The van der Waals surface area contributed by atoms with Crippen molar-refractivity contribution < 1.29 is 4.39 Å². The molecule has 1 fully saturated rings. The fraction of sp³-hybridized carbons (Fsp3) is 0.625. The molecule has 3 heteroatoms. The van der Waals surface area contributed by atoms with Crippen molar-refractivity contribution in [2.24, 2.45) is 11.3 Å². The van der Waals surface area contributed by atoms with Gasteiger partial charge in [-0.1, -0.05) is 51.3 Å². The van der Waals surface area contributed by atoms with Crippen LogP contribution in [-0.2, 0) is 0 Å². The van der Waals surface area contributed by atoms with E-state index in [1.807, 2.05) is 0 Å². The van der Waals surface area contributed by atoms with E-state index in [-0.39, 0.29) is 16.3 Å². The van der Waals surface area contributed by atoms with E-state index < -0.39 is 0 Å². The zero-order valence-corrected chi connectivity index (χ0v) is 12.7. The fourth-order valence-corrected chi connectivity index (χ4v) is 3.33. The van der Waals surface area contributed by atoms with E-state index in [9.17, 15) is 4.39 Å². The summed E-state index contributed by atoms with van der Waals surface area (Å²) in [5, 5.41) is 3.58. The van der Waals surface area contributed by atoms with E-state index >= 15 is 0 Å². The Morgan fingerprint density at radius 2 is 1.89 bits per heavy atom. The van der Waals surface area contributed by atoms with Crippen LogP contribution >= 0.6 is 11.6 Å². The van der Waals surface area contributed by atoms with Crippen molar-refractivity contribution in [1.29, 1.82) is 0 Å². The average molecular weight is 284 g/mol. The van der Waals surface area contributed by atoms with Crippen molar-refractivity contribution in [1.82, 2.24) is 0 Å². The molecule has 1 nitrogen and oxygen atoms in total. The van der Waals surface area contributed by atoms with Gasteiger partial charge in [-0.25, -0.2) is 4.39 Å². The van der Waals surface area contributed by atoms with Gasteiger partial charge in [-0.3, -0.25) is 0 Å². The summed E-state index contributed by atoms with van der Waals surface area (Å²) >= 11 is 5.84. The maximum atomic E-state index is 14.0. The summed E-state index contributed by atoms with van der Waals surface area (Å²) in [5.41, 5.74) is 0.779. The zero-order chi connectivity index (χ0) is 14.0. The van der Waals surface area contributed by atoms with Gasteiger partial charge in [0.1, 0.15) is 0 Å². The van der Waals surface area contributed by atoms with Crippen LogP contribution in [0.15, 0.2) is 18.2 Å². The fourth-order valence-electron chi connectivity index (χ4n) is 3.16. The van der Waals surface area contributed by atoms with E-state index in [0.717, 1.165) is 6.42 Å². The molecule has 0 amide bonds. The third-order valence-electron chi connectivity index (χ3n) is 4.17. The highest BCUT2D eigenvalue weighted by Gasteiger charge is 2.34. The quantitative estimate of drug-likeness (QED) is 0.756. The molecule has 1 aromatic carbocycles. The number of hydrogen-bond acceptors (Lipinski definition) is 1. The molecule has 0 aliphatic heterocycles. The van der Waals surface area contributed by atoms with Crippen LogP contribution in [0, 0.1) is 17.2 Å². The number of halogens is 2. The molecule has 0 radical (unpaired) electrons. The topological polar surface area (TPSA) is 12.0 Å². The minimum absolute atomic E-state index is 0.188. The first kappa shape index (κ1) is 14.6. The summed E-state index contributed by atoms with van der Waals surface area (Å²) in [4.78, 5) is 0. The van der Waals surface area contributed by atoms with E-state index in [1.54, 1.807) is 18.2 Å². The van der Waals surface area contributed by atoms with Crippen LogP contribution in [0.25, 0.3) is 0 Å². The molecule has 1 N–H and O–H groups in total. The van der Waals surface area contributed by atoms with Crippen molar-refractivity contribution in [3.8, 4) is 0 Å². The second-order valence-electron chi connectivity index (χ2n) is 6.61. The molecule has 1 saturated carbocycles. The minimum Gasteiger partial charge on any atom is -0.380 e. The van der Waals surface area contributed by atoms with E-state index in [0.29, 0.717) is 17.6 Å². The van der Waals surface area contributed by atoms with E-state index in [4.69, 9.17) is 11.6 Å². The molecule has 1 aliphatic rings. The van der Waals surface area contributed by atoms with Crippen molar-refractivity contribution in [3.05, 3.63) is 29.0 Å². The maximum Gasteiger partial charge on any atom is 0.164 e. The number of benzene rings is 1. The van der Waals surface area contributed by atoms with Gasteiger partial charge in [0.05, 0.1) is 10.7 Å². The SMILES string of the molecule is CC(C)(C)C1CCCCC1Nc1cccc(Cl)c1F. The molecule has 1 aliphatic carbocycles. The van der Waals surface area contributed by atoms with Crippen LogP contribution in [0.1, 0.15) is 46.5 Å². The molecular weight excluding hydrogens is 261 g/mol. The third kappa shape index (κ3) is 3.42. The summed E-state index contributed by atoms with van der Waals surface area (Å²) in [5.74, 6) is 0.238. The van der Waals surface area contributed by atoms with Gasteiger partial charge in [-0.15, -0.1) is 0 Å². The summed E-state index contributed by atoms with van der Waals surface area (Å²) < 4.78 is 14.0. The Labute approximate surface area is 120 Å². The van der Waals surface area contributed by atoms with Crippen LogP contribution in [0.4, 0.5) is 10.1 Å². The minimum atomic E-state index is -0.331. The molecular formula is C16H23ClFN. The van der Waals surface area contributed by atoms with E-state index in [1.165, 1.54) is 19.3 Å². The molecule has 106 valence electrons. The molecule has 0 aromatic heterocycles. The molecule has 2 unspecified atom stereocenters. The molecule has 0 heterocycles. The normalized spacial score (nSPS) is 24.3. The van der Waals surface area contributed by atoms with Gasteiger partial charge in [0, 0.05) is 6.04 Å². The van der Waals surface area contributed by atoms with Crippen molar-refractivity contribution in [3.63, 3.8) is 0 Å². The molecule has 19 heavy (non-hydrogen) atoms. The van der Waals surface area contributed by atoms with Crippen molar-refractivity contribution >= 4 is 17.3 Å². The van der Waals surface area contributed by atoms with Gasteiger partial charge in [0.2, 0.25) is 0 Å². The summed E-state index contributed by atoms with van der Waals surface area (Å²) in [6.07, 6.45) is 4.81. The van der Waals surface area contributed by atoms with Crippen LogP contribution in [0.2, 0.25) is 5.02 Å². The van der Waals surface area contributed by atoms with Gasteiger partial charge < -0.3 is 5.32 Å². The Morgan fingerprint density at radius 3 is 2.58 bits per heavy atom. The van der Waals surface area contributed by atoms with Crippen molar-refractivity contribution in [2.45, 2.75) is 52.5 Å². The van der Waals surface area contributed by atoms with E-state index in [2.05, 4.69) is 26.1 Å². The third-order valence-corrected chi connectivity index (χ3v) is 4.46. The lowest BCUT2D eigenvalue weighted by Crippen LogP contribution is -2.40. The first-order valence-electron chi connectivity index (χ1n) is 7.10. The lowest BCUT2D eigenvalue weighted by molar-refractivity contribution is 0.162. The number of nitrogens with one attached hydrogen (secondary N) is 1. The first-order valence-corrected chi connectivity index (χ1v) is 7.48. The molecule has 2 atom stereocenters. The predicted octanol–water partition coefficient (Wildman–Crippen LogP) is 5.50. The van der Waals surface area contributed by atoms with Gasteiger partial charge >= 0.3 is 0 Å². The second kappa shape index (κ2) is 5.70. The van der Waals surface area contributed by atoms with Gasteiger partial charge in [-0.2, -0.15) is 0 Å². The first-order chi connectivity index (χ1) is 8.89. The Bertz CT molecular complexity index is 439. The van der Waals surface area contributed by atoms with Crippen LogP contribution < -0.4 is 5.32 Å². The molecule has 1 aromatic rings. The standard InChI is InChI=1S/C16H23ClFN/c1-16(2,3)11-7-4-5-9-13(11)19-14-10-6-8-12(17)15(14)18/h6,8,10-11,13,19H,4-5,7,9H2,1-3H3. The predicted molar refractivity (Wildman–Crippen MR) is 80.2 cm³/mol. The average Bonchev–Trinajstić information content (AvgIpc) is 2.34. The second-order valence-corrected chi connectivity index (χ2v) is 7.02.